The molecule has 3 heterocycles. The Labute approximate surface area is 338 Å². The zero-order chi connectivity index (χ0) is 41.1. The largest absolute Gasteiger partial charge is 0.493 e. The fraction of sp³-hybridized carbons (Fsp3) is 0.585. The molecule has 3 aliphatic heterocycles. The van der Waals surface area contributed by atoms with Crippen LogP contribution in [0.15, 0.2) is 52.7 Å². The molecule has 57 heavy (non-hydrogen) atoms. The number of hydrogen-bond donors (Lipinski definition) is 6. The van der Waals surface area contributed by atoms with Gasteiger partial charge in [-0.1, -0.05) is 19.1 Å². The van der Waals surface area contributed by atoms with E-state index in [2.05, 4.69) is 21.3 Å². The van der Waals surface area contributed by atoms with Crippen molar-refractivity contribution in [2.75, 3.05) is 47.1 Å². The van der Waals surface area contributed by atoms with Gasteiger partial charge in [0, 0.05) is 48.0 Å². The number of aliphatic carboxylic acids is 1. The lowest BCUT2D eigenvalue weighted by Crippen LogP contribution is -2.63. The zero-order valence-electron chi connectivity index (χ0n) is 33.2. The Balaban J connectivity index is 0.921. The number of carboxylic acid groups (broad SMARTS) is 1. The SMILES string of the molecule is COc1ccc(CCCCOCC(=O)NCCCCCNC(=O)C2C=C(NC(=O)[C@@H]3C[C@H](SC4=C(C(=O)O)N5C(=O)[C@H]([C@@H](C)O)C5[C@H]4C)CN3)C=CC2)cc1OC. The third kappa shape index (κ3) is 11.2. The van der Waals surface area contributed by atoms with Crippen molar-refractivity contribution in [2.45, 2.75) is 88.7 Å². The Kier molecular flexibility index (Phi) is 16.0. The fourth-order valence-corrected chi connectivity index (χ4v) is 9.29. The molecule has 0 saturated carbocycles. The van der Waals surface area contributed by atoms with Crippen LogP contribution in [0, 0.1) is 17.8 Å². The number of aliphatic hydroxyl groups excluding tert-OH is 1. The van der Waals surface area contributed by atoms with Crippen LogP contribution in [0.3, 0.4) is 0 Å². The maximum absolute atomic E-state index is 13.2. The van der Waals surface area contributed by atoms with Gasteiger partial charge in [0.15, 0.2) is 11.5 Å². The van der Waals surface area contributed by atoms with Gasteiger partial charge >= 0.3 is 5.97 Å². The fourth-order valence-electron chi connectivity index (χ4n) is 7.81. The molecular formula is C41H57N5O10S. The number of allylic oxidation sites excluding steroid dienone is 2. The second-order valence-electron chi connectivity index (χ2n) is 15.0. The molecule has 6 N–H and O–H groups in total. The Morgan fingerprint density at radius 1 is 1.02 bits per heavy atom. The van der Waals surface area contributed by atoms with Gasteiger partial charge in [-0.2, -0.15) is 0 Å². The minimum atomic E-state index is -1.17. The summed E-state index contributed by atoms with van der Waals surface area (Å²) in [6.45, 7) is 5.49. The molecule has 1 aromatic rings. The van der Waals surface area contributed by atoms with Crippen molar-refractivity contribution in [1.82, 2.24) is 26.2 Å². The first-order valence-electron chi connectivity index (χ1n) is 19.8. The molecular weight excluding hydrogens is 755 g/mol. The zero-order valence-corrected chi connectivity index (χ0v) is 34.0. The number of fused-ring (bicyclic) bond motifs is 1. The number of thioether (sulfide) groups is 1. The Hall–Kier alpha value is -4.38. The molecule has 312 valence electrons. The highest BCUT2D eigenvalue weighted by Crippen LogP contribution is 2.51. The number of ether oxygens (including phenoxy) is 3. The quantitative estimate of drug-likeness (QED) is 0.0739. The van der Waals surface area contributed by atoms with Crippen LogP contribution in [0.25, 0.3) is 0 Å². The molecule has 4 aliphatic rings. The normalized spacial score (nSPS) is 24.3. The minimum absolute atomic E-state index is 0.0221. The van der Waals surface area contributed by atoms with Crippen LogP contribution in [0.1, 0.15) is 64.4 Å². The maximum atomic E-state index is 13.2. The van der Waals surface area contributed by atoms with E-state index in [1.165, 1.54) is 16.7 Å². The van der Waals surface area contributed by atoms with Crippen molar-refractivity contribution in [2.24, 2.45) is 17.8 Å². The number of carbonyl (C=O) groups is 5. The third-order valence-corrected chi connectivity index (χ3v) is 12.4. The molecule has 2 fully saturated rings. The summed E-state index contributed by atoms with van der Waals surface area (Å²) >= 11 is 1.39. The summed E-state index contributed by atoms with van der Waals surface area (Å²) in [6, 6.07) is 4.99. The molecule has 15 nitrogen and oxygen atoms in total. The number of nitrogens with zero attached hydrogens (tertiary/aromatic N) is 1. The van der Waals surface area contributed by atoms with Crippen LogP contribution in [0.4, 0.5) is 0 Å². The molecule has 1 aromatic carbocycles. The van der Waals surface area contributed by atoms with Crippen molar-refractivity contribution in [3.63, 3.8) is 0 Å². The molecule has 0 radical (unpaired) electrons. The second-order valence-corrected chi connectivity index (χ2v) is 16.3. The van der Waals surface area contributed by atoms with Gasteiger partial charge in [0.25, 0.3) is 0 Å². The molecule has 7 atom stereocenters. The summed E-state index contributed by atoms with van der Waals surface area (Å²) in [4.78, 5) is 65.0. The average Bonchev–Trinajstić information content (AvgIpc) is 3.76. The van der Waals surface area contributed by atoms with E-state index in [1.54, 1.807) is 33.3 Å². The van der Waals surface area contributed by atoms with Crippen LogP contribution in [-0.2, 0) is 35.1 Å². The molecule has 2 unspecified atom stereocenters. The molecule has 1 aliphatic carbocycles. The minimum Gasteiger partial charge on any atom is -0.493 e. The van der Waals surface area contributed by atoms with E-state index in [0.717, 1.165) is 44.1 Å². The number of aryl methyl sites for hydroxylation is 1. The Bertz CT molecular complexity index is 1730. The maximum Gasteiger partial charge on any atom is 0.353 e. The first-order valence-corrected chi connectivity index (χ1v) is 20.7. The van der Waals surface area contributed by atoms with E-state index in [0.29, 0.717) is 61.2 Å². The molecule has 4 amide bonds. The number of methoxy groups -OCH3 is 2. The number of benzene rings is 1. The van der Waals surface area contributed by atoms with Crippen molar-refractivity contribution >= 4 is 41.4 Å². The smallest absolute Gasteiger partial charge is 0.353 e. The molecule has 16 heteroatoms. The number of aliphatic hydroxyl groups is 1. The van der Waals surface area contributed by atoms with E-state index in [1.807, 2.05) is 31.2 Å². The highest BCUT2D eigenvalue weighted by molar-refractivity contribution is 8.03. The number of β-lactam (4-membered cyclic amide) rings is 1. The number of nitrogens with one attached hydrogen (secondary N) is 4. The van der Waals surface area contributed by atoms with Gasteiger partial charge in [-0.3, -0.25) is 19.2 Å². The van der Waals surface area contributed by atoms with Gasteiger partial charge in [-0.15, -0.1) is 11.8 Å². The summed E-state index contributed by atoms with van der Waals surface area (Å²) in [5.41, 5.74) is 1.68. The Morgan fingerprint density at radius 2 is 1.77 bits per heavy atom. The van der Waals surface area contributed by atoms with E-state index in [4.69, 9.17) is 14.2 Å². The van der Waals surface area contributed by atoms with Crippen molar-refractivity contribution in [3.8, 4) is 11.5 Å². The van der Waals surface area contributed by atoms with E-state index in [-0.39, 0.29) is 53.1 Å². The number of carbonyl (C=O) groups excluding carboxylic acids is 4. The van der Waals surface area contributed by atoms with Crippen LogP contribution in [-0.4, -0.2) is 115 Å². The highest BCUT2D eigenvalue weighted by atomic mass is 32.2. The number of amides is 4. The standard InChI is InChI=1S/C41H57N5O10S/c1-24-35-34(25(2)47)40(51)46(35)36(41(52)53)37(24)57-29-21-30(44-22-29)39(50)45-28-13-10-12-27(20-28)38(49)43-17-8-5-7-16-42-33(48)23-56-18-9-6-11-26-14-15-31(54-3)32(19-26)55-4/h10,13-15,19-20,24-25,27,29-30,34-35,44,47H,5-9,11-12,16-18,21-23H2,1-4H3,(H,42,48)(H,43,49)(H,45,50)(H,52,53)/t24-,25-,27?,29+,30+,34-,35?/m1/s1. The second kappa shape index (κ2) is 20.9. The number of hydrogen-bond acceptors (Lipinski definition) is 11. The van der Waals surface area contributed by atoms with Crippen molar-refractivity contribution in [3.05, 3.63) is 58.3 Å². The summed E-state index contributed by atoms with van der Waals surface area (Å²) in [7, 11) is 3.23. The van der Waals surface area contributed by atoms with Crippen LogP contribution in [0.2, 0.25) is 0 Å². The van der Waals surface area contributed by atoms with E-state index < -0.39 is 30.0 Å². The number of rotatable bonds is 22. The van der Waals surface area contributed by atoms with Gasteiger partial charge in [-0.25, -0.2) is 4.79 Å². The molecule has 0 spiro atoms. The number of unbranched alkanes of at least 4 members (excludes halogenated alkanes) is 3. The lowest BCUT2D eigenvalue weighted by Gasteiger charge is -2.46. The van der Waals surface area contributed by atoms with Gasteiger partial charge in [0.2, 0.25) is 23.6 Å². The van der Waals surface area contributed by atoms with Crippen LogP contribution in [0.5, 0.6) is 11.5 Å². The Morgan fingerprint density at radius 3 is 2.49 bits per heavy atom. The van der Waals surface area contributed by atoms with Crippen molar-refractivity contribution in [1.29, 1.82) is 0 Å². The molecule has 5 rings (SSSR count). The summed E-state index contributed by atoms with van der Waals surface area (Å²) in [5.74, 6) is -1.92. The first kappa shape index (κ1) is 43.7. The van der Waals surface area contributed by atoms with Crippen LogP contribution >= 0.6 is 11.8 Å². The number of carboxylic acids is 1. The predicted octanol–water partition coefficient (Wildman–Crippen LogP) is 2.64. The highest BCUT2D eigenvalue weighted by Gasteiger charge is 2.60. The summed E-state index contributed by atoms with van der Waals surface area (Å²) < 4.78 is 16.2. The average molecular weight is 812 g/mol. The summed E-state index contributed by atoms with van der Waals surface area (Å²) in [6.07, 6.45) is 10.5. The van der Waals surface area contributed by atoms with E-state index >= 15 is 0 Å². The van der Waals surface area contributed by atoms with Gasteiger partial charge in [-0.05, 0) is 88.1 Å². The predicted molar refractivity (Wildman–Crippen MR) is 214 cm³/mol. The molecule has 0 bridgehead atoms. The van der Waals surface area contributed by atoms with Gasteiger partial charge < -0.3 is 50.6 Å². The van der Waals surface area contributed by atoms with Gasteiger partial charge in [0.1, 0.15) is 12.3 Å². The molecule has 0 aromatic heterocycles. The topological polar surface area (TPSA) is 205 Å². The lowest BCUT2D eigenvalue weighted by atomic mass is 9.79. The lowest BCUT2D eigenvalue weighted by molar-refractivity contribution is -0.163. The monoisotopic (exact) mass is 811 g/mol. The first-order chi connectivity index (χ1) is 27.4. The summed E-state index contributed by atoms with van der Waals surface area (Å²) in [5, 5.41) is 32.0. The van der Waals surface area contributed by atoms with Gasteiger partial charge in [0.05, 0.1) is 44.2 Å². The third-order valence-electron chi connectivity index (χ3n) is 10.8. The van der Waals surface area contributed by atoms with E-state index in [9.17, 15) is 34.2 Å². The molecule has 2 saturated heterocycles. The van der Waals surface area contributed by atoms with Crippen molar-refractivity contribution < 1.29 is 48.4 Å². The van der Waals surface area contributed by atoms with Crippen LogP contribution < -0.4 is 30.7 Å².